The molecule has 1 heterocycles. The first-order valence-corrected chi connectivity index (χ1v) is 7.52. The van der Waals surface area contributed by atoms with Gasteiger partial charge in [-0.05, 0) is 32.9 Å². The zero-order valence-corrected chi connectivity index (χ0v) is 13.9. The predicted molar refractivity (Wildman–Crippen MR) is 86.0 cm³/mol. The van der Waals surface area contributed by atoms with Crippen LogP contribution in [0.5, 0.6) is 0 Å². The van der Waals surface area contributed by atoms with Gasteiger partial charge in [0.2, 0.25) is 11.8 Å². The summed E-state index contributed by atoms with van der Waals surface area (Å²) in [6, 6.07) is 6.65. The van der Waals surface area contributed by atoms with Crippen molar-refractivity contribution in [2.45, 2.75) is 32.7 Å². The maximum absolute atomic E-state index is 12.5. The van der Waals surface area contributed by atoms with Crippen molar-refractivity contribution in [1.29, 1.82) is 0 Å². The minimum Gasteiger partial charge on any atom is -0.465 e. The van der Waals surface area contributed by atoms with E-state index in [-0.39, 0.29) is 23.8 Å². The van der Waals surface area contributed by atoms with Crippen LogP contribution in [0.4, 0.5) is 5.69 Å². The SMILES string of the molecule is COC(=O)c1ccccc1NC(=O)[C@H]1CC(=O)N(C(C)(C)C)C1. The van der Waals surface area contributed by atoms with Crippen molar-refractivity contribution in [3.8, 4) is 0 Å². The van der Waals surface area contributed by atoms with E-state index in [4.69, 9.17) is 4.74 Å². The molecular weight excluding hydrogens is 296 g/mol. The molecule has 1 N–H and O–H groups in total. The van der Waals surface area contributed by atoms with E-state index in [9.17, 15) is 14.4 Å². The van der Waals surface area contributed by atoms with E-state index < -0.39 is 11.9 Å². The van der Waals surface area contributed by atoms with Crippen LogP contribution in [0.25, 0.3) is 0 Å². The lowest BCUT2D eigenvalue weighted by molar-refractivity contribution is -0.131. The number of amides is 2. The van der Waals surface area contributed by atoms with Crippen LogP contribution >= 0.6 is 0 Å². The molecule has 23 heavy (non-hydrogen) atoms. The van der Waals surface area contributed by atoms with Gasteiger partial charge in [0.05, 0.1) is 24.3 Å². The summed E-state index contributed by atoms with van der Waals surface area (Å²) >= 11 is 0. The van der Waals surface area contributed by atoms with E-state index in [0.29, 0.717) is 17.8 Å². The fraction of sp³-hybridized carbons (Fsp3) is 0.471. The average Bonchev–Trinajstić information content (AvgIpc) is 2.89. The van der Waals surface area contributed by atoms with Crippen LogP contribution in [-0.2, 0) is 14.3 Å². The number of hydrogen-bond acceptors (Lipinski definition) is 4. The number of benzene rings is 1. The molecule has 0 radical (unpaired) electrons. The zero-order valence-electron chi connectivity index (χ0n) is 13.9. The Morgan fingerprint density at radius 2 is 1.91 bits per heavy atom. The number of nitrogens with zero attached hydrogens (tertiary/aromatic N) is 1. The lowest BCUT2D eigenvalue weighted by Gasteiger charge is -2.31. The molecule has 0 spiro atoms. The first-order chi connectivity index (χ1) is 10.7. The number of carbonyl (C=O) groups excluding carboxylic acids is 3. The number of ether oxygens (including phenoxy) is 1. The van der Waals surface area contributed by atoms with Gasteiger partial charge in [0.1, 0.15) is 0 Å². The van der Waals surface area contributed by atoms with Gasteiger partial charge in [-0.3, -0.25) is 9.59 Å². The highest BCUT2D eigenvalue weighted by atomic mass is 16.5. The minimum atomic E-state index is -0.514. The van der Waals surface area contributed by atoms with Gasteiger partial charge in [-0.1, -0.05) is 12.1 Å². The minimum absolute atomic E-state index is 0.0288. The van der Waals surface area contributed by atoms with Gasteiger partial charge in [-0.15, -0.1) is 0 Å². The van der Waals surface area contributed by atoms with Crippen molar-refractivity contribution in [2.24, 2.45) is 5.92 Å². The Labute approximate surface area is 135 Å². The van der Waals surface area contributed by atoms with Crippen LogP contribution in [0.15, 0.2) is 24.3 Å². The van der Waals surface area contributed by atoms with E-state index >= 15 is 0 Å². The largest absolute Gasteiger partial charge is 0.465 e. The van der Waals surface area contributed by atoms with E-state index in [0.717, 1.165) is 0 Å². The second kappa shape index (κ2) is 6.40. The van der Waals surface area contributed by atoms with E-state index in [2.05, 4.69) is 5.32 Å². The molecule has 2 rings (SSSR count). The molecule has 0 aromatic heterocycles. The van der Waals surface area contributed by atoms with Gasteiger partial charge >= 0.3 is 5.97 Å². The molecule has 1 aromatic rings. The molecule has 2 amide bonds. The molecule has 6 nitrogen and oxygen atoms in total. The molecule has 1 fully saturated rings. The van der Waals surface area contributed by atoms with Crippen molar-refractivity contribution < 1.29 is 19.1 Å². The summed E-state index contributed by atoms with van der Waals surface area (Å²) in [5.74, 6) is -1.23. The molecule has 1 aromatic carbocycles. The summed E-state index contributed by atoms with van der Waals surface area (Å²) in [6.07, 6.45) is 0.184. The lowest BCUT2D eigenvalue weighted by Crippen LogP contribution is -2.42. The second-order valence-electron chi connectivity index (χ2n) is 6.60. The molecular formula is C17H22N2O4. The number of para-hydroxylation sites is 1. The number of hydrogen-bond donors (Lipinski definition) is 1. The van der Waals surface area contributed by atoms with Crippen LogP contribution in [0.2, 0.25) is 0 Å². The summed E-state index contributed by atoms with van der Waals surface area (Å²) in [4.78, 5) is 38.0. The quantitative estimate of drug-likeness (QED) is 0.866. The first kappa shape index (κ1) is 17.0. The highest BCUT2D eigenvalue weighted by Gasteiger charge is 2.39. The Bertz CT molecular complexity index is 634. The van der Waals surface area contributed by atoms with Gasteiger partial charge in [0, 0.05) is 18.5 Å². The van der Waals surface area contributed by atoms with Gasteiger partial charge in [0.15, 0.2) is 0 Å². The molecule has 124 valence electrons. The molecule has 0 saturated carbocycles. The molecule has 1 atom stereocenters. The predicted octanol–water partition coefficient (Wildman–Crippen LogP) is 2.06. The van der Waals surface area contributed by atoms with Crippen molar-refractivity contribution in [3.63, 3.8) is 0 Å². The molecule has 1 aliphatic heterocycles. The zero-order chi connectivity index (χ0) is 17.2. The Morgan fingerprint density at radius 3 is 2.48 bits per heavy atom. The Balaban J connectivity index is 2.12. The molecule has 1 saturated heterocycles. The van der Waals surface area contributed by atoms with Gasteiger partial charge in [-0.2, -0.15) is 0 Å². The summed E-state index contributed by atoms with van der Waals surface area (Å²) in [7, 11) is 1.29. The average molecular weight is 318 g/mol. The van der Waals surface area contributed by atoms with Crippen LogP contribution < -0.4 is 5.32 Å². The number of likely N-dealkylation sites (tertiary alicyclic amines) is 1. The third-order valence-electron chi connectivity index (χ3n) is 3.90. The van der Waals surface area contributed by atoms with Crippen LogP contribution in [0, 0.1) is 5.92 Å². The Morgan fingerprint density at radius 1 is 1.26 bits per heavy atom. The van der Waals surface area contributed by atoms with Gasteiger partial charge in [-0.25, -0.2) is 4.79 Å². The summed E-state index contributed by atoms with van der Waals surface area (Å²) in [6.45, 7) is 6.21. The third-order valence-corrected chi connectivity index (χ3v) is 3.90. The first-order valence-electron chi connectivity index (χ1n) is 7.52. The Hall–Kier alpha value is -2.37. The van der Waals surface area contributed by atoms with Crippen molar-refractivity contribution in [3.05, 3.63) is 29.8 Å². The van der Waals surface area contributed by atoms with Gasteiger partial charge < -0.3 is 15.0 Å². The molecule has 0 aliphatic carbocycles. The number of nitrogens with one attached hydrogen (secondary N) is 1. The van der Waals surface area contributed by atoms with E-state index in [1.54, 1.807) is 29.2 Å². The van der Waals surface area contributed by atoms with Gasteiger partial charge in [0.25, 0.3) is 0 Å². The van der Waals surface area contributed by atoms with Crippen LogP contribution in [0.1, 0.15) is 37.6 Å². The maximum atomic E-state index is 12.5. The number of esters is 1. The molecule has 1 aliphatic rings. The fourth-order valence-electron chi connectivity index (χ4n) is 2.65. The molecule has 0 unspecified atom stereocenters. The van der Waals surface area contributed by atoms with Crippen molar-refractivity contribution in [1.82, 2.24) is 4.90 Å². The van der Waals surface area contributed by atoms with E-state index in [1.165, 1.54) is 7.11 Å². The van der Waals surface area contributed by atoms with Crippen molar-refractivity contribution >= 4 is 23.5 Å². The second-order valence-corrected chi connectivity index (χ2v) is 6.60. The maximum Gasteiger partial charge on any atom is 0.339 e. The van der Waals surface area contributed by atoms with Crippen molar-refractivity contribution in [2.75, 3.05) is 19.0 Å². The number of carbonyl (C=O) groups is 3. The summed E-state index contributed by atoms with van der Waals surface area (Å²) < 4.78 is 4.71. The Kier molecular flexibility index (Phi) is 4.73. The highest BCUT2D eigenvalue weighted by molar-refractivity contribution is 6.03. The normalized spacial score (nSPS) is 18.0. The number of anilines is 1. The molecule has 6 heteroatoms. The lowest BCUT2D eigenvalue weighted by atomic mass is 10.1. The summed E-state index contributed by atoms with van der Waals surface area (Å²) in [5, 5.41) is 2.74. The smallest absolute Gasteiger partial charge is 0.339 e. The van der Waals surface area contributed by atoms with E-state index in [1.807, 2.05) is 20.8 Å². The van der Waals surface area contributed by atoms with Crippen LogP contribution in [-0.4, -0.2) is 41.9 Å². The van der Waals surface area contributed by atoms with Crippen LogP contribution in [0.3, 0.4) is 0 Å². The topological polar surface area (TPSA) is 75.7 Å². The monoisotopic (exact) mass is 318 g/mol. The standard InChI is InChI=1S/C17H22N2O4/c1-17(2,3)19-10-11(9-14(19)20)15(21)18-13-8-6-5-7-12(13)16(22)23-4/h5-8,11H,9-10H2,1-4H3,(H,18,21)/t11-/m0/s1. The summed E-state index contributed by atoms with van der Waals surface area (Å²) in [5.41, 5.74) is 0.377. The highest BCUT2D eigenvalue weighted by Crippen LogP contribution is 2.27. The number of methoxy groups -OCH3 is 1. The number of rotatable bonds is 3. The third kappa shape index (κ3) is 3.70. The fourth-order valence-corrected chi connectivity index (χ4v) is 2.65. The molecule has 0 bridgehead atoms.